The third kappa shape index (κ3) is 4.22. The van der Waals surface area contributed by atoms with Gasteiger partial charge in [0.1, 0.15) is 5.76 Å². The van der Waals surface area contributed by atoms with E-state index in [1.807, 2.05) is 32.0 Å². The molecule has 3 rings (SSSR count). The standard InChI is InChI=1S/C23H27N3O3/c1-15-6-7-16(2)18(14-15)21(27)19-20(17-8-10-24-11-9-17)26(23(29)22(19)28)13-5-12-25(3)4/h6-11,14,20,27H,5,12-13H2,1-4H3/p+1/t20-/m0/s1. The van der Waals surface area contributed by atoms with E-state index in [0.717, 1.165) is 29.7 Å². The summed E-state index contributed by atoms with van der Waals surface area (Å²) in [6.07, 6.45) is 4.04. The Hall–Kier alpha value is -2.99. The van der Waals surface area contributed by atoms with Crippen LogP contribution in [-0.2, 0) is 9.59 Å². The van der Waals surface area contributed by atoms with Gasteiger partial charge in [0.25, 0.3) is 11.7 Å². The Labute approximate surface area is 171 Å². The number of rotatable bonds is 6. The normalized spacial score (nSPS) is 18.7. The Morgan fingerprint density at radius 3 is 2.48 bits per heavy atom. The van der Waals surface area contributed by atoms with Crippen molar-refractivity contribution in [2.24, 2.45) is 0 Å². The average molecular weight is 394 g/mol. The number of nitrogens with one attached hydrogen (secondary N) is 1. The molecule has 6 heteroatoms. The highest BCUT2D eigenvalue weighted by atomic mass is 16.3. The molecule has 0 aliphatic carbocycles. The smallest absolute Gasteiger partial charge is 0.295 e. The summed E-state index contributed by atoms with van der Waals surface area (Å²) in [5.41, 5.74) is 3.32. The van der Waals surface area contributed by atoms with Gasteiger partial charge in [0, 0.05) is 30.9 Å². The number of likely N-dealkylation sites (tertiary alicyclic amines) is 1. The van der Waals surface area contributed by atoms with Crippen LogP contribution in [0.2, 0.25) is 0 Å². The van der Waals surface area contributed by atoms with Crippen molar-refractivity contribution >= 4 is 17.4 Å². The number of Topliss-reactive ketones (excluding diaryl/α,β-unsaturated/α-hetero) is 1. The number of benzene rings is 1. The van der Waals surface area contributed by atoms with Crippen molar-refractivity contribution in [1.29, 1.82) is 0 Å². The van der Waals surface area contributed by atoms with Crippen LogP contribution in [0.15, 0.2) is 48.3 Å². The minimum atomic E-state index is -0.637. The van der Waals surface area contributed by atoms with Gasteiger partial charge < -0.3 is 14.9 Å². The fourth-order valence-corrected chi connectivity index (χ4v) is 3.74. The molecule has 1 aliphatic heterocycles. The Balaban J connectivity index is 2.12. The Bertz CT molecular complexity index is 951. The number of pyridine rings is 1. The maximum absolute atomic E-state index is 13.0. The second-order valence-corrected chi connectivity index (χ2v) is 7.90. The summed E-state index contributed by atoms with van der Waals surface area (Å²) in [4.78, 5) is 32.8. The first-order valence-electron chi connectivity index (χ1n) is 9.86. The van der Waals surface area contributed by atoms with E-state index < -0.39 is 17.7 Å². The van der Waals surface area contributed by atoms with Crippen molar-refractivity contribution < 1.29 is 19.6 Å². The van der Waals surface area contributed by atoms with Crippen molar-refractivity contribution in [1.82, 2.24) is 9.88 Å². The number of aryl methyl sites for hydroxylation is 2. The second-order valence-electron chi connectivity index (χ2n) is 7.90. The highest BCUT2D eigenvalue weighted by Gasteiger charge is 2.45. The van der Waals surface area contributed by atoms with Crippen LogP contribution in [0.3, 0.4) is 0 Å². The second kappa shape index (κ2) is 8.57. The average Bonchev–Trinajstić information content (AvgIpc) is 2.94. The third-order valence-corrected chi connectivity index (χ3v) is 5.29. The van der Waals surface area contributed by atoms with Gasteiger partial charge >= 0.3 is 0 Å². The van der Waals surface area contributed by atoms with E-state index in [4.69, 9.17) is 0 Å². The number of nitrogens with zero attached hydrogens (tertiary/aromatic N) is 2. The van der Waals surface area contributed by atoms with Crippen LogP contribution in [0.1, 0.15) is 34.7 Å². The molecule has 29 heavy (non-hydrogen) atoms. The first-order valence-corrected chi connectivity index (χ1v) is 9.86. The fraction of sp³-hybridized carbons (Fsp3) is 0.348. The lowest BCUT2D eigenvalue weighted by Crippen LogP contribution is -3.05. The minimum Gasteiger partial charge on any atom is -0.507 e. The van der Waals surface area contributed by atoms with Crippen LogP contribution in [0, 0.1) is 13.8 Å². The van der Waals surface area contributed by atoms with Crippen molar-refractivity contribution in [2.45, 2.75) is 26.3 Å². The van der Waals surface area contributed by atoms with Crippen molar-refractivity contribution in [3.05, 3.63) is 70.6 Å². The highest BCUT2D eigenvalue weighted by molar-refractivity contribution is 6.46. The van der Waals surface area contributed by atoms with Crippen LogP contribution in [0.4, 0.5) is 0 Å². The van der Waals surface area contributed by atoms with Gasteiger partial charge in [0.05, 0.1) is 32.3 Å². The van der Waals surface area contributed by atoms with E-state index in [-0.39, 0.29) is 11.3 Å². The van der Waals surface area contributed by atoms with Crippen LogP contribution in [0.5, 0.6) is 0 Å². The number of quaternary nitrogens is 1. The number of amides is 1. The molecule has 2 aromatic rings. The molecule has 0 radical (unpaired) electrons. The molecule has 6 nitrogen and oxygen atoms in total. The van der Waals surface area contributed by atoms with Gasteiger partial charge in [-0.3, -0.25) is 14.6 Å². The number of hydrogen-bond acceptors (Lipinski definition) is 4. The van der Waals surface area contributed by atoms with E-state index in [1.54, 1.807) is 29.4 Å². The van der Waals surface area contributed by atoms with Crippen LogP contribution in [-0.4, -0.2) is 53.9 Å². The molecule has 0 unspecified atom stereocenters. The first kappa shape index (κ1) is 20.7. The Morgan fingerprint density at radius 2 is 1.83 bits per heavy atom. The molecular weight excluding hydrogens is 366 g/mol. The number of hydrogen-bond donors (Lipinski definition) is 2. The molecule has 2 N–H and O–H groups in total. The number of aliphatic hydroxyl groups is 1. The van der Waals surface area contributed by atoms with Crippen molar-refractivity contribution in [3.8, 4) is 0 Å². The maximum Gasteiger partial charge on any atom is 0.295 e. The van der Waals surface area contributed by atoms with E-state index in [1.165, 1.54) is 4.90 Å². The number of carbonyl (C=O) groups is 2. The summed E-state index contributed by atoms with van der Waals surface area (Å²) in [5.74, 6) is -1.32. The van der Waals surface area contributed by atoms with Crippen LogP contribution in [0.25, 0.3) is 5.76 Å². The summed E-state index contributed by atoms with van der Waals surface area (Å²) in [5, 5.41) is 11.1. The fourth-order valence-electron chi connectivity index (χ4n) is 3.74. The number of ketones is 1. The summed E-state index contributed by atoms with van der Waals surface area (Å²) in [7, 11) is 4.10. The highest BCUT2D eigenvalue weighted by Crippen LogP contribution is 2.39. The van der Waals surface area contributed by atoms with Gasteiger partial charge in [-0.2, -0.15) is 0 Å². The SMILES string of the molecule is Cc1ccc(C)c(C(O)=C2C(=O)C(=O)N(CCC[NH+](C)C)[C@H]2c2ccncc2)c1. The molecule has 2 heterocycles. The number of aromatic nitrogens is 1. The van der Waals surface area contributed by atoms with Gasteiger partial charge in [0.2, 0.25) is 0 Å². The lowest BCUT2D eigenvalue weighted by atomic mass is 9.93. The molecule has 0 saturated carbocycles. The van der Waals surface area contributed by atoms with Gasteiger partial charge in [-0.15, -0.1) is 0 Å². The lowest BCUT2D eigenvalue weighted by Gasteiger charge is -2.25. The quantitative estimate of drug-likeness (QED) is 0.444. The topological polar surface area (TPSA) is 74.9 Å². The summed E-state index contributed by atoms with van der Waals surface area (Å²) in [6, 6.07) is 8.66. The summed E-state index contributed by atoms with van der Waals surface area (Å²) < 4.78 is 0. The monoisotopic (exact) mass is 394 g/mol. The van der Waals surface area contributed by atoms with Gasteiger partial charge in [0.15, 0.2) is 0 Å². The molecule has 1 aromatic carbocycles. The number of aliphatic hydroxyl groups excluding tert-OH is 1. The molecule has 1 saturated heterocycles. The molecule has 1 aliphatic rings. The molecule has 0 bridgehead atoms. The minimum absolute atomic E-state index is 0.118. The third-order valence-electron chi connectivity index (χ3n) is 5.29. The Kier molecular flexibility index (Phi) is 6.13. The van der Waals surface area contributed by atoms with E-state index in [2.05, 4.69) is 19.1 Å². The molecule has 0 spiro atoms. The molecule has 152 valence electrons. The van der Waals surface area contributed by atoms with E-state index in [0.29, 0.717) is 12.1 Å². The first-order chi connectivity index (χ1) is 13.8. The van der Waals surface area contributed by atoms with Gasteiger partial charge in [-0.25, -0.2) is 0 Å². The van der Waals surface area contributed by atoms with Gasteiger partial charge in [-0.05, 0) is 43.2 Å². The summed E-state index contributed by atoms with van der Waals surface area (Å²) in [6.45, 7) is 5.14. The molecule has 1 amide bonds. The predicted octanol–water partition coefficient (Wildman–Crippen LogP) is 1.65. The van der Waals surface area contributed by atoms with Gasteiger partial charge in [-0.1, -0.05) is 17.7 Å². The van der Waals surface area contributed by atoms with E-state index >= 15 is 0 Å². The molecule has 1 aromatic heterocycles. The maximum atomic E-state index is 13.0. The van der Waals surface area contributed by atoms with Crippen LogP contribution < -0.4 is 4.90 Å². The Morgan fingerprint density at radius 1 is 1.14 bits per heavy atom. The van der Waals surface area contributed by atoms with Crippen molar-refractivity contribution in [3.63, 3.8) is 0 Å². The lowest BCUT2D eigenvalue weighted by molar-refractivity contribution is -0.858. The van der Waals surface area contributed by atoms with Crippen LogP contribution >= 0.6 is 0 Å². The largest absolute Gasteiger partial charge is 0.507 e. The zero-order valence-electron chi connectivity index (χ0n) is 17.4. The zero-order valence-corrected chi connectivity index (χ0v) is 17.4. The molecular formula is C23H28N3O3+. The van der Waals surface area contributed by atoms with Crippen molar-refractivity contribution in [2.75, 3.05) is 27.2 Å². The number of carbonyl (C=O) groups excluding carboxylic acids is 2. The van der Waals surface area contributed by atoms with E-state index in [9.17, 15) is 14.7 Å². The molecule has 1 fully saturated rings. The molecule has 1 atom stereocenters. The summed E-state index contributed by atoms with van der Waals surface area (Å²) >= 11 is 0. The zero-order chi connectivity index (χ0) is 21.1. The predicted molar refractivity (Wildman–Crippen MR) is 111 cm³/mol.